The molecule has 0 atom stereocenters. The molecular formula is C10H8S2. The van der Waals surface area contributed by atoms with E-state index in [1.165, 1.54) is 9.75 Å². The van der Waals surface area contributed by atoms with Crippen molar-refractivity contribution in [2.45, 2.75) is 0 Å². The van der Waals surface area contributed by atoms with E-state index in [9.17, 15) is 0 Å². The monoisotopic (exact) mass is 192 g/mol. The smallest absolute Gasteiger partial charge is 0.0454 e. The van der Waals surface area contributed by atoms with Crippen LogP contribution in [0.1, 0.15) is 0 Å². The Morgan fingerprint density at radius 2 is 2.00 bits per heavy atom. The average molecular weight is 192 g/mol. The Labute approximate surface area is 79.1 Å². The molecule has 0 unspecified atom stereocenters. The Morgan fingerprint density at radius 3 is 2.50 bits per heavy atom. The van der Waals surface area contributed by atoms with Gasteiger partial charge in [0.1, 0.15) is 0 Å². The Balaban J connectivity index is 2.63. The van der Waals surface area contributed by atoms with Crippen LogP contribution >= 0.6 is 22.7 Å². The van der Waals surface area contributed by atoms with Crippen LogP contribution in [0.3, 0.4) is 0 Å². The highest BCUT2D eigenvalue weighted by atomic mass is 32.1. The van der Waals surface area contributed by atoms with Gasteiger partial charge in [-0.2, -0.15) is 0 Å². The molecule has 0 spiro atoms. The number of thiophene rings is 2. The highest BCUT2D eigenvalue weighted by Crippen LogP contribution is 2.25. The fraction of sp³-hybridized carbons (Fsp3) is 0. The van der Waals surface area contributed by atoms with Gasteiger partial charge in [0.25, 0.3) is 0 Å². The van der Waals surface area contributed by atoms with Gasteiger partial charge in [-0.25, -0.2) is 0 Å². The van der Waals surface area contributed by atoms with E-state index in [4.69, 9.17) is 0 Å². The van der Waals surface area contributed by atoms with Crippen LogP contribution in [-0.2, 0) is 0 Å². The van der Waals surface area contributed by atoms with Gasteiger partial charge in [-0.1, -0.05) is 19.2 Å². The highest BCUT2D eigenvalue weighted by Gasteiger charge is 1.99. The van der Waals surface area contributed by atoms with E-state index >= 15 is 0 Å². The standard InChI is InChI=1S/C10H8S2/c1-7-6-10(12-8(7)2)9-4-3-5-11-9/h3-6H,1-2H2. The van der Waals surface area contributed by atoms with Crippen LogP contribution in [0.2, 0.25) is 0 Å². The molecule has 2 heterocycles. The van der Waals surface area contributed by atoms with Gasteiger partial charge in [0.05, 0.1) is 0 Å². The van der Waals surface area contributed by atoms with Crippen molar-refractivity contribution in [2.75, 3.05) is 0 Å². The van der Waals surface area contributed by atoms with Crippen LogP contribution in [-0.4, -0.2) is 0 Å². The van der Waals surface area contributed by atoms with Crippen molar-refractivity contribution in [3.8, 4) is 9.75 Å². The van der Waals surface area contributed by atoms with Crippen LogP contribution in [0.4, 0.5) is 0 Å². The summed E-state index contributed by atoms with van der Waals surface area (Å²) in [7, 11) is 0. The van der Waals surface area contributed by atoms with Crippen LogP contribution in [0, 0.1) is 0 Å². The summed E-state index contributed by atoms with van der Waals surface area (Å²) < 4.78 is 1.07. The molecule has 0 bridgehead atoms. The minimum Gasteiger partial charge on any atom is -0.143 e. The Kier molecular flexibility index (Phi) is 1.87. The van der Waals surface area contributed by atoms with Gasteiger partial charge in [0.15, 0.2) is 0 Å². The first kappa shape index (κ1) is 7.77. The van der Waals surface area contributed by atoms with E-state index in [0.29, 0.717) is 0 Å². The molecule has 0 radical (unpaired) electrons. The molecular weight excluding hydrogens is 184 g/mol. The zero-order chi connectivity index (χ0) is 8.55. The first-order valence-corrected chi connectivity index (χ1v) is 5.28. The number of hydrogen-bond donors (Lipinski definition) is 0. The normalized spacial score (nSPS) is 10.3. The third-order valence-corrected chi connectivity index (χ3v) is 3.76. The summed E-state index contributed by atoms with van der Waals surface area (Å²) in [6.07, 6.45) is 0. The van der Waals surface area contributed by atoms with Gasteiger partial charge in [-0.05, 0) is 22.7 Å². The van der Waals surface area contributed by atoms with Crippen LogP contribution < -0.4 is 9.75 Å². The van der Waals surface area contributed by atoms with Gasteiger partial charge in [0.2, 0.25) is 0 Å². The lowest BCUT2D eigenvalue weighted by molar-refractivity contribution is 1.76. The summed E-state index contributed by atoms with van der Waals surface area (Å²) in [5, 5.41) is 3.13. The molecule has 0 saturated heterocycles. The average Bonchev–Trinajstić information content (AvgIpc) is 2.61. The second kappa shape index (κ2) is 2.88. The van der Waals surface area contributed by atoms with Gasteiger partial charge in [-0.15, -0.1) is 22.7 Å². The van der Waals surface area contributed by atoms with Crippen molar-refractivity contribution < 1.29 is 0 Å². The van der Waals surface area contributed by atoms with Gasteiger partial charge < -0.3 is 0 Å². The second-order valence-corrected chi connectivity index (χ2v) is 4.62. The summed E-state index contributed by atoms with van der Waals surface area (Å²) in [5.74, 6) is 0. The molecule has 0 N–H and O–H groups in total. The molecule has 2 heteroatoms. The molecule has 12 heavy (non-hydrogen) atoms. The van der Waals surface area contributed by atoms with E-state index in [2.05, 4.69) is 36.7 Å². The summed E-state index contributed by atoms with van der Waals surface area (Å²) in [4.78, 5) is 2.58. The third kappa shape index (κ3) is 1.24. The molecule has 0 fully saturated rings. The first-order valence-electron chi connectivity index (χ1n) is 3.59. The van der Waals surface area contributed by atoms with Gasteiger partial charge >= 0.3 is 0 Å². The molecule has 0 nitrogen and oxygen atoms in total. The molecule has 0 aliphatic rings. The van der Waals surface area contributed by atoms with Crippen molar-refractivity contribution >= 4 is 35.8 Å². The fourth-order valence-electron chi connectivity index (χ4n) is 1.01. The molecule has 2 aromatic rings. The van der Waals surface area contributed by atoms with Crippen molar-refractivity contribution in [2.24, 2.45) is 0 Å². The SMILES string of the molecule is C=c1cc(-c2cccs2)sc1=C. The molecule has 0 aliphatic heterocycles. The van der Waals surface area contributed by atoms with Gasteiger partial charge in [-0.3, -0.25) is 0 Å². The predicted octanol–water partition coefficient (Wildman–Crippen LogP) is 2.30. The zero-order valence-corrected chi connectivity index (χ0v) is 8.17. The van der Waals surface area contributed by atoms with Crippen molar-refractivity contribution in [1.29, 1.82) is 0 Å². The zero-order valence-electron chi connectivity index (χ0n) is 6.54. The maximum absolute atomic E-state index is 3.91. The molecule has 0 amide bonds. The number of rotatable bonds is 1. The van der Waals surface area contributed by atoms with Crippen molar-refractivity contribution in [3.63, 3.8) is 0 Å². The topological polar surface area (TPSA) is 0 Å². The van der Waals surface area contributed by atoms with E-state index in [-0.39, 0.29) is 0 Å². The third-order valence-electron chi connectivity index (χ3n) is 1.66. The van der Waals surface area contributed by atoms with E-state index in [1.54, 1.807) is 22.7 Å². The minimum atomic E-state index is 1.04. The molecule has 0 aliphatic carbocycles. The molecule has 2 aromatic heterocycles. The summed E-state index contributed by atoms with van der Waals surface area (Å²) in [6, 6.07) is 6.28. The molecule has 0 aromatic carbocycles. The molecule has 60 valence electrons. The lowest BCUT2D eigenvalue weighted by atomic mass is 10.3. The van der Waals surface area contributed by atoms with Gasteiger partial charge in [0, 0.05) is 14.3 Å². The van der Waals surface area contributed by atoms with Crippen LogP contribution in [0.25, 0.3) is 22.9 Å². The molecule has 0 saturated carbocycles. The van der Waals surface area contributed by atoms with E-state index in [0.717, 1.165) is 9.75 Å². The summed E-state index contributed by atoms with van der Waals surface area (Å²) >= 11 is 3.46. The molecule has 2 rings (SSSR count). The lowest BCUT2D eigenvalue weighted by Crippen LogP contribution is -2.11. The Morgan fingerprint density at radius 1 is 1.17 bits per heavy atom. The number of hydrogen-bond acceptors (Lipinski definition) is 2. The second-order valence-electron chi connectivity index (χ2n) is 2.54. The minimum absolute atomic E-state index is 1.04. The summed E-state index contributed by atoms with van der Waals surface area (Å²) in [6.45, 7) is 7.81. The van der Waals surface area contributed by atoms with E-state index in [1.807, 2.05) is 0 Å². The Hall–Kier alpha value is -0.860. The predicted molar refractivity (Wildman–Crippen MR) is 57.9 cm³/mol. The fourth-order valence-corrected chi connectivity index (χ4v) is 2.74. The maximum atomic E-state index is 3.91. The quantitative estimate of drug-likeness (QED) is 0.650. The van der Waals surface area contributed by atoms with Crippen LogP contribution in [0.5, 0.6) is 0 Å². The highest BCUT2D eigenvalue weighted by molar-refractivity contribution is 7.20. The van der Waals surface area contributed by atoms with Crippen molar-refractivity contribution in [1.82, 2.24) is 0 Å². The van der Waals surface area contributed by atoms with Crippen molar-refractivity contribution in [3.05, 3.63) is 33.3 Å². The largest absolute Gasteiger partial charge is 0.143 e. The summed E-state index contributed by atoms with van der Waals surface area (Å²) in [5.41, 5.74) is 0. The Bertz CT molecular complexity index is 435. The first-order chi connectivity index (χ1) is 5.77. The van der Waals surface area contributed by atoms with Crippen LogP contribution in [0.15, 0.2) is 23.6 Å². The van der Waals surface area contributed by atoms with E-state index < -0.39 is 0 Å². The lowest BCUT2D eigenvalue weighted by Gasteiger charge is -1.85. The maximum Gasteiger partial charge on any atom is 0.0454 e.